The predicted molar refractivity (Wildman–Crippen MR) is 280 cm³/mol. The van der Waals surface area contributed by atoms with Crippen LogP contribution in [0.15, 0.2) is 200 Å². The molecule has 0 atom stereocenters. The van der Waals surface area contributed by atoms with Crippen LogP contribution in [0.4, 0.5) is 28.4 Å². The first kappa shape index (κ1) is 40.7. The van der Waals surface area contributed by atoms with Gasteiger partial charge in [0.2, 0.25) is 0 Å². The lowest BCUT2D eigenvalue weighted by atomic mass is 9.43. The Morgan fingerprint density at radius 3 is 1.43 bits per heavy atom. The van der Waals surface area contributed by atoms with Crippen LogP contribution in [0.5, 0.6) is 23.0 Å². The predicted octanol–water partition coefficient (Wildman–Crippen LogP) is 15.9. The molecule has 0 aliphatic carbocycles. The van der Waals surface area contributed by atoms with Crippen molar-refractivity contribution in [2.75, 3.05) is 9.71 Å². The van der Waals surface area contributed by atoms with E-state index in [4.69, 9.17) is 9.47 Å². The molecule has 0 N–H and O–H groups in total. The van der Waals surface area contributed by atoms with E-state index in [-0.39, 0.29) is 17.7 Å². The summed E-state index contributed by atoms with van der Waals surface area (Å²) >= 11 is 0. The molecule has 3 heterocycles. The standard InChI is InChI=1S/C62H51BN2O2/c1-61(2,3)44-30-32-51(47(36-44)41-22-12-8-13-23-41)64-54-39-59-58(66-56-28-18-19-29-57(56)67-59)38-50(54)63-60-49(34-43(35-55(60)64)40-20-10-7-11-21-40)46-26-16-17-27-52(46)65(63)53-33-31-45(62(4,5)6)37-48(53)42-24-14-9-15-25-42/h7-39H,1-6H3. The zero-order chi connectivity index (χ0) is 45.6. The van der Waals surface area contributed by atoms with E-state index >= 15 is 0 Å². The van der Waals surface area contributed by atoms with Gasteiger partial charge >= 0.3 is 6.85 Å². The lowest BCUT2D eigenvalue weighted by molar-refractivity contribution is 0.360. The van der Waals surface area contributed by atoms with Crippen molar-refractivity contribution in [1.82, 2.24) is 0 Å². The Morgan fingerprint density at radius 1 is 0.343 bits per heavy atom. The van der Waals surface area contributed by atoms with Crippen LogP contribution >= 0.6 is 0 Å². The summed E-state index contributed by atoms with van der Waals surface area (Å²) in [7, 11) is 0. The second kappa shape index (κ2) is 15.4. The molecular formula is C62H51BN2O2. The summed E-state index contributed by atoms with van der Waals surface area (Å²) in [5.41, 5.74) is 19.7. The molecule has 3 aliphatic heterocycles. The molecule has 0 saturated carbocycles. The third-order valence-corrected chi connectivity index (χ3v) is 13.8. The fraction of sp³-hybridized carbons (Fsp3) is 0.129. The quantitative estimate of drug-likeness (QED) is 0.161. The van der Waals surface area contributed by atoms with Crippen LogP contribution < -0.4 is 30.1 Å². The summed E-state index contributed by atoms with van der Waals surface area (Å²) < 4.78 is 13.6. The van der Waals surface area contributed by atoms with E-state index in [2.05, 4.69) is 227 Å². The summed E-state index contributed by atoms with van der Waals surface area (Å²) in [6, 6.07) is 73.0. The molecule has 4 nitrogen and oxygen atoms in total. The minimum absolute atomic E-state index is 0.0564. The Balaban J connectivity index is 1.22. The van der Waals surface area contributed by atoms with E-state index in [0.29, 0.717) is 23.0 Å². The van der Waals surface area contributed by atoms with Gasteiger partial charge in [-0.3, -0.25) is 0 Å². The van der Waals surface area contributed by atoms with Crippen molar-refractivity contribution in [3.05, 3.63) is 211 Å². The van der Waals surface area contributed by atoms with Crippen LogP contribution in [-0.4, -0.2) is 6.85 Å². The maximum atomic E-state index is 6.83. The SMILES string of the molecule is CC(C)(C)c1ccc(N2B3c4cc5c(cc4N(c4ccc(C(C)(C)C)cc4-c4ccccc4)c4cc(-c6ccccc6)cc(c43)-c3ccccc32)Oc2ccccc2O5)c(-c2ccccc2)c1. The topological polar surface area (TPSA) is 24.9 Å². The molecule has 9 aromatic rings. The summed E-state index contributed by atoms with van der Waals surface area (Å²) in [5.74, 6) is 2.78. The third kappa shape index (κ3) is 6.83. The van der Waals surface area contributed by atoms with Gasteiger partial charge in [-0.25, -0.2) is 0 Å². The van der Waals surface area contributed by atoms with Gasteiger partial charge < -0.3 is 19.2 Å². The average Bonchev–Trinajstić information content (AvgIpc) is 3.35. The van der Waals surface area contributed by atoms with Crippen molar-refractivity contribution in [3.63, 3.8) is 0 Å². The van der Waals surface area contributed by atoms with Gasteiger partial charge in [-0.15, -0.1) is 0 Å². The number of fused-ring (bicyclic) bond motifs is 6. The zero-order valence-corrected chi connectivity index (χ0v) is 38.8. The zero-order valence-electron chi connectivity index (χ0n) is 38.8. The normalized spacial score (nSPS) is 13.4. The summed E-state index contributed by atoms with van der Waals surface area (Å²) in [6.07, 6.45) is 0. The minimum atomic E-state index is -0.265. The lowest BCUT2D eigenvalue weighted by Gasteiger charge is -2.47. The molecular weight excluding hydrogens is 816 g/mol. The van der Waals surface area contributed by atoms with E-state index in [9.17, 15) is 0 Å². The third-order valence-electron chi connectivity index (χ3n) is 13.8. The highest BCUT2D eigenvalue weighted by atomic mass is 16.6. The Hall–Kier alpha value is -7.76. The molecule has 0 saturated heterocycles. The van der Waals surface area contributed by atoms with Crippen LogP contribution in [0.25, 0.3) is 44.5 Å². The van der Waals surface area contributed by atoms with E-state index in [1.807, 2.05) is 24.3 Å². The maximum Gasteiger partial charge on any atom is 0.333 e. The maximum absolute atomic E-state index is 6.83. The molecule has 3 aliphatic rings. The molecule has 9 aromatic carbocycles. The van der Waals surface area contributed by atoms with E-state index in [0.717, 1.165) is 56.2 Å². The number of anilines is 5. The van der Waals surface area contributed by atoms with Gasteiger partial charge in [0.05, 0.1) is 5.69 Å². The van der Waals surface area contributed by atoms with Crippen LogP contribution in [0.2, 0.25) is 0 Å². The van der Waals surface area contributed by atoms with E-state index in [1.165, 1.54) is 38.8 Å². The Morgan fingerprint density at radius 2 is 0.836 bits per heavy atom. The highest BCUT2D eigenvalue weighted by Crippen LogP contribution is 2.54. The fourth-order valence-corrected chi connectivity index (χ4v) is 10.4. The molecule has 5 heteroatoms. The number of rotatable bonds is 5. The second-order valence-electron chi connectivity index (χ2n) is 20.2. The van der Waals surface area contributed by atoms with Gasteiger partial charge in [0, 0.05) is 45.5 Å². The Bertz CT molecular complexity index is 3390. The molecule has 0 amide bonds. The van der Waals surface area contributed by atoms with Crippen LogP contribution in [0.1, 0.15) is 52.7 Å². The first-order valence-electron chi connectivity index (χ1n) is 23.4. The van der Waals surface area contributed by atoms with Gasteiger partial charge in [-0.05, 0) is 121 Å². The fourth-order valence-electron chi connectivity index (χ4n) is 10.4. The molecule has 12 rings (SSSR count). The molecule has 324 valence electrons. The molecule has 0 spiro atoms. The number of nitrogens with zero attached hydrogens (tertiary/aromatic N) is 2. The smallest absolute Gasteiger partial charge is 0.333 e. The van der Waals surface area contributed by atoms with Crippen molar-refractivity contribution >= 4 is 46.2 Å². The summed E-state index contributed by atoms with van der Waals surface area (Å²) in [4.78, 5) is 5.13. The first-order valence-corrected chi connectivity index (χ1v) is 23.4. The van der Waals surface area contributed by atoms with Crippen molar-refractivity contribution in [2.45, 2.75) is 52.4 Å². The number of ether oxygens (including phenoxy) is 2. The number of para-hydroxylation sites is 3. The Labute approximate surface area is 394 Å². The highest BCUT2D eigenvalue weighted by Gasteiger charge is 2.47. The van der Waals surface area contributed by atoms with Crippen molar-refractivity contribution < 1.29 is 9.47 Å². The van der Waals surface area contributed by atoms with E-state index < -0.39 is 0 Å². The van der Waals surface area contributed by atoms with Crippen LogP contribution in [0, 0.1) is 0 Å². The molecule has 0 bridgehead atoms. The molecule has 0 fully saturated rings. The lowest BCUT2D eigenvalue weighted by Crippen LogP contribution is -2.61. The number of hydrogen-bond donors (Lipinski definition) is 0. The van der Waals surface area contributed by atoms with Crippen molar-refractivity contribution in [1.29, 1.82) is 0 Å². The summed E-state index contributed by atoms with van der Waals surface area (Å²) in [6.45, 7) is 13.5. The molecule has 0 radical (unpaired) electrons. The van der Waals surface area contributed by atoms with Crippen LogP contribution in [-0.2, 0) is 10.8 Å². The second-order valence-corrected chi connectivity index (χ2v) is 20.2. The van der Waals surface area contributed by atoms with Gasteiger partial charge in [0.25, 0.3) is 0 Å². The van der Waals surface area contributed by atoms with Gasteiger partial charge in [-0.2, -0.15) is 0 Å². The van der Waals surface area contributed by atoms with E-state index in [1.54, 1.807) is 0 Å². The first-order chi connectivity index (χ1) is 32.5. The van der Waals surface area contributed by atoms with Crippen LogP contribution in [0.3, 0.4) is 0 Å². The Kier molecular flexibility index (Phi) is 9.38. The van der Waals surface area contributed by atoms with Gasteiger partial charge in [0.1, 0.15) is 0 Å². The minimum Gasteiger partial charge on any atom is -0.450 e. The highest BCUT2D eigenvalue weighted by molar-refractivity contribution is 6.93. The van der Waals surface area contributed by atoms with Crippen molar-refractivity contribution in [3.8, 4) is 67.5 Å². The number of hydrogen-bond acceptors (Lipinski definition) is 4. The molecule has 0 aromatic heterocycles. The van der Waals surface area contributed by atoms with Gasteiger partial charge in [0.15, 0.2) is 23.0 Å². The van der Waals surface area contributed by atoms with Crippen molar-refractivity contribution in [2.24, 2.45) is 0 Å². The average molecular weight is 867 g/mol. The monoisotopic (exact) mass is 866 g/mol. The van der Waals surface area contributed by atoms with Gasteiger partial charge in [-0.1, -0.05) is 175 Å². The molecule has 67 heavy (non-hydrogen) atoms. The largest absolute Gasteiger partial charge is 0.450 e. The summed E-state index contributed by atoms with van der Waals surface area (Å²) in [5, 5.41) is 0. The molecule has 0 unspecified atom stereocenters. The number of benzene rings is 9.